The minimum Gasteiger partial charge on any atom is -0.373 e. The minimum atomic E-state index is 0.0244. The Morgan fingerprint density at radius 3 is 2.48 bits per heavy atom. The number of aryl methyl sites for hydroxylation is 1. The van der Waals surface area contributed by atoms with E-state index in [0.717, 1.165) is 43.0 Å². The van der Waals surface area contributed by atoms with Gasteiger partial charge in [-0.3, -0.25) is 0 Å². The summed E-state index contributed by atoms with van der Waals surface area (Å²) in [4.78, 5) is 9.67. The Hall–Kier alpha value is -1.90. The van der Waals surface area contributed by atoms with Gasteiger partial charge in [0.25, 0.3) is 0 Å². The van der Waals surface area contributed by atoms with Gasteiger partial charge in [0.2, 0.25) is 0 Å². The molecule has 0 spiro atoms. The van der Waals surface area contributed by atoms with Crippen LogP contribution in [0.4, 0.5) is 5.82 Å². The molecule has 2 aromatic rings. The highest BCUT2D eigenvalue weighted by atomic mass is 15.0. The third-order valence-electron chi connectivity index (χ3n) is 4.50. The molecule has 3 rings (SSSR count). The predicted octanol–water partition coefficient (Wildman–Crippen LogP) is 3.94. The molecule has 110 valence electrons. The van der Waals surface area contributed by atoms with Crippen LogP contribution in [0.5, 0.6) is 0 Å². The Bertz CT molecular complexity index is 603. The van der Waals surface area contributed by atoms with Gasteiger partial charge in [0, 0.05) is 18.8 Å². The fourth-order valence-corrected chi connectivity index (χ4v) is 3.15. The lowest BCUT2D eigenvalue weighted by Crippen LogP contribution is -2.37. The second-order valence-corrected chi connectivity index (χ2v) is 5.87. The lowest BCUT2D eigenvalue weighted by atomic mass is 9.64. The van der Waals surface area contributed by atoms with Gasteiger partial charge in [0.1, 0.15) is 11.6 Å². The highest BCUT2D eigenvalue weighted by Crippen LogP contribution is 2.47. The van der Waals surface area contributed by atoms with Crippen molar-refractivity contribution in [3.8, 4) is 0 Å². The van der Waals surface area contributed by atoms with Crippen LogP contribution in [-0.4, -0.2) is 17.0 Å². The summed E-state index contributed by atoms with van der Waals surface area (Å²) in [5.74, 6) is 1.93. The van der Waals surface area contributed by atoms with Crippen LogP contribution in [-0.2, 0) is 11.8 Å². The van der Waals surface area contributed by atoms with Gasteiger partial charge in [-0.2, -0.15) is 0 Å². The Morgan fingerprint density at radius 2 is 1.90 bits per heavy atom. The number of benzene rings is 1. The van der Waals surface area contributed by atoms with Crippen molar-refractivity contribution >= 4 is 5.82 Å². The highest BCUT2D eigenvalue weighted by Gasteiger charge is 2.43. The topological polar surface area (TPSA) is 37.8 Å². The van der Waals surface area contributed by atoms with Gasteiger partial charge in [-0.05, 0) is 24.8 Å². The summed E-state index contributed by atoms with van der Waals surface area (Å²) < 4.78 is 0. The zero-order valence-corrected chi connectivity index (χ0v) is 12.9. The van der Waals surface area contributed by atoms with Crippen molar-refractivity contribution < 1.29 is 0 Å². The molecule has 3 nitrogen and oxygen atoms in total. The van der Waals surface area contributed by atoms with Gasteiger partial charge in [-0.25, -0.2) is 9.97 Å². The first-order valence-corrected chi connectivity index (χ1v) is 7.90. The first-order chi connectivity index (χ1) is 10.3. The molecule has 3 heteroatoms. The molecule has 1 aliphatic rings. The SMILES string of the molecule is CCCc1cc(NC)nc(C2(c3ccccc3)CCC2)n1. The van der Waals surface area contributed by atoms with Gasteiger partial charge < -0.3 is 5.32 Å². The van der Waals surface area contributed by atoms with Crippen LogP contribution in [0.3, 0.4) is 0 Å². The molecule has 0 bridgehead atoms. The number of nitrogens with zero attached hydrogens (tertiary/aromatic N) is 2. The lowest BCUT2D eigenvalue weighted by molar-refractivity contribution is 0.284. The summed E-state index contributed by atoms with van der Waals surface area (Å²) in [5, 5.41) is 3.19. The summed E-state index contributed by atoms with van der Waals surface area (Å²) >= 11 is 0. The van der Waals surface area contributed by atoms with Crippen LogP contribution in [0.1, 0.15) is 49.7 Å². The third-order valence-corrected chi connectivity index (χ3v) is 4.50. The third kappa shape index (κ3) is 2.53. The zero-order chi connectivity index (χ0) is 14.7. The molecule has 0 aliphatic heterocycles. The molecular weight excluding hydrogens is 258 g/mol. The molecule has 1 saturated carbocycles. The van der Waals surface area contributed by atoms with E-state index in [9.17, 15) is 0 Å². The van der Waals surface area contributed by atoms with E-state index in [-0.39, 0.29) is 5.41 Å². The summed E-state index contributed by atoms with van der Waals surface area (Å²) in [5.41, 5.74) is 2.53. The maximum absolute atomic E-state index is 4.89. The number of nitrogens with one attached hydrogen (secondary N) is 1. The monoisotopic (exact) mass is 281 g/mol. The zero-order valence-electron chi connectivity index (χ0n) is 12.9. The number of anilines is 1. The molecule has 0 saturated heterocycles. The van der Waals surface area contributed by atoms with Crippen LogP contribution in [0.2, 0.25) is 0 Å². The molecule has 0 unspecified atom stereocenters. The van der Waals surface area contributed by atoms with E-state index in [0.29, 0.717) is 0 Å². The highest BCUT2D eigenvalue weighted by molar-refractivity contribution is 5.41. The van der Waals surface area contributed by atoms with Crippen LogP contribution in [0, 0.1) is 0 Å². The molecule has 0 amide bonds. The van der Waals surface area contributed by atoms with Gasteiger partial charge in [0.15, 0.2) is 0 Å². The van der Waals surface area contributed by atoms with E-state index < -0.39 is 0 Å². The van der Waals surface area contributed by atoms with Crippen LogP contribution >= 0.6 is 0 Å². The molecule has 1 aliphatic carbocycles. The average molecular weight is 281 g/mol. The minimum absolute atomic E-state index is 0.0244. The quantitative estimate of drug-likeness (QED) is 0.902. The fraction of sp³-hybridized carbons (Fsp3) is 0.444. The van der Waals surface area contributed by atoms with E-state index >= 15 is 0 Å². The maximum Gasteiger partial charge on any atom is 0.141 e. The van der Waals surface area contributed by atoms with E-state index in [4.69, 9.17) is 9.97 Å². The maximum atomic E-state index is 4.89. The van der Waals surface area contributed by atoms with Crippen molar-refractivity contribution in [2.24, 2.45) is 0 Å². The molecule has 1 heterocycles. The Balaban J connectivity index is 2.06. The van der Waals surface area contributed by atoms with Gasteiger partial charge in [0.05, 0.1) is 5.41 Å². The Kier molecular flexibility index (Phi) is 3.91. The van der Waals surface area contributed by atoms with E-state index in [1.807, 2.05) is 7.05 Å². The van der Waals surface area contributed by atoms with Crippen LogP contribution < -0.4 is 5.32 Å². The second-order valence-electron chi connectivity index (χ2n) is 5.87. The summed E-state index contributed by atoms with van der Waals surface area (Å²) in [7, 11) is 1.93. The average Bonchev–Trinajstić information content (AvgIpc) is 2.47. The van der Waals surface area contributed by atoms with E-state index in [1.54, 1.807) is 0 Å². The van der Waals surface area contributed by atoms with Crippen LogP contribution in [0.25, 0.3) is 0 Å². The number of rotatable bonds is 5. The molecule has 1 N–H and O–H groups in total. The molecule has 1 aromatic heterocycles. The van der Waals surface area contributed by atoms with Crippen molar-refractivity contribution in [2.75, 3.05) is 12.4 Å². The number of hydrogen-bond acceptors (Lipinski definition) is 3. The molecular formula is C18H23N3. The largest absolute Gasteiger partial charge is 0.373 e. The fourth-order valence-electron chi connectivity index (χ4n) is 3.15. The molecule has 1 fully saturated rings. The van der Waals surface area contributed by atoms with Gasteiger partial charge >= 0.3 is 0 Å². The van der Waals surface area contributed by atoms with E-state index in [1.165, 1.54) is 12.0 Å². The van der Waals surface area contributed by atoms with Gasteiger partial charge in [-0.15, -0.1) is 0 Å². The first-order valence-electron chi connectivity index (χ1n) is 7.90. The normalized spacial score (nSPS) is 16.3. The predicted molar refractivity (Wildman–Crippen MR) is 86.6 cm³/mol. The first kappa shape index (κ1) is 14.1. The smallest absolute Gasteiger partial charge is 0.141 e. The Morgan fingerprint density at radius 1 is 1.14 bits per heavy atom. The number of aromatic nitrogens is 2. The van der Waals surface area contributed by atoms with Crippen molar-refractivity contribution in [1.82, 2.24) is 9.97 Å². The van der Waals surface area contributed by atoms with Crippen molar-refractivity contribution in [3.05, 3.63) is 53.5 Å². The van der Waals surface area contributed by atoms with Gasteiger partial charge in [-0.1, -0.05) is 50.1 Å². The standard InChI is InChI=1S/C18H23N3/c1-3-8-15-13-16(19-2)21-17(20-15)18(11-7-12-18)14-9-5-4-6-10-14/h4-6,9-10,13H,3,7-8,11-12H2,1-2H3,(H,19,20,21). The molecule has 0 atom stereocenters. The van der Waals surface area contributed by atoms with Crippen LogP contribution in [0.15, 0.2) is 36.4 Å². The summed E-state index contributed by atoms with van der Waals surface area (Å²) in [6.07, 6.45) is 5.67. The molecule has 0 radical (unpaired) electrons. The molecule has 21 heavy (non-hydrogen) atoms. The van der Waals surface area contributed by atoms with E-state index in [2.05, 4.69) is 48.6 Å². The van der Waals surface area contributed by atoms with Crippen molar-refractivity contribution in [2.45, 2.75) is 44.4 Å². The summed E-state index contributed by atoms with van der Waals surface area (Å²) in [6.45, 7) is 2.19. The van der Waals surface area contributed by atoms with Crippen molar-refractivity contribution in [1.29, 1.82) is 0 Å². The Labute approximate surface area is 126 Å². The molecule has 1 aromatic carbocycles. The second kappa shape index (κ2) is 5.84. The lowest BCUT2D eigenvalue weighted by Gasteiger charge is -2.41. The number of hydrogen-bond donors (Lipinski definition) is 1. The summed E-state index contributed by atoms with van der Waals surface area (Å²) in [6, 6.07) is 12.8. The van der Waals surface area contributed by atoms with Crippen molar-refractivity contribution in [3.63, 3.8) is 0 Å².